The summed E-state index contributed by atoms with van der Waals surface area (Å²) < 4.78 is 20.1. The van der Waals surface area contributed by atoms with Crippen molar-refractivity contribution in [2.75, 3.05) is 32.8 Å². The highest BCUT2D eigenvalue weighted by Crippen LogP contribution is 2.21. The average molecular weight is 557 g/mol. The predicted octanol–water partition coefficient (Wildman–Crippen LogP) is 4.05. The Bertz CT molecular complexity index is 1290. The third kappa shape index (κ3) is 5.72. The van der Waals surface area contributed by atoms with Gasteiger partial charge in [-0.15, -0.1) is 0 Å². The van der Waals surface area contributed by atoms with E-state index in [4.69, 9.17) is 4.74 Å². The lowest BCUT2D eigenvalue weighted by Crippen LogP contribution is -2.37. The topological polar surface area (TPSA) is 80.2 Å². The molecule has 0 unspecified atom stereocenters. The van der Waals surface area contributed by atoms with Gasteiger partial charge in [-0.3, -0.25) is 9.69 Å². The lowest BCUT2D eigenvalue weighted by molar-refractivity contribution is 0.0949. The number of carbonyl (C=O) groups is 1. The minimum atomic E-state index is -0.617. The Balaban J connectivity index is 1.36. The van der Waals surface area contributed by atoms with Gasteiger partial charge in [0.15, 0.2) is 5.75 Å². The largest absolute Gasteiger partial charge is 0.487 e. The number of hydrogen-bond acceptors (Lipinski definition) is 6. The molecule has 0 radical (unpaired) electrons. The van der Waals surface area contributed by atoms with Crippen LogP contribution in [0.3, 0.4) is 0 Å². The molecule has 4 rings (SSSR count). The Labute approximate surface area is 204 Å². The number of amides is 1. The number of nitrogens with zero attached hydrogens (tertiary/aromatic N) is 4. The summed E-state index contributed by atoms with van der Waals surface area (Å²) >= 11 is 2.24. The molecule has 4 aromatic rings. The van der Waals surface area contributed by atoms with Crippen LogP contribution in [-0.4, -0.2) is 58.5 Å². The van der Waals surface area contributed by atoms with Crippen LogP contribution in [0.1, 0.15) is 17.3 Å². The summed E-state index contributed by atoms with van der Waals surface area (Å²) in [5, 5.41) is 2.97. The molecule has 0 saturated carbocycles. The van der Waals surface area contributed by atoms with Gasteiger partial charge >= 0.3 is 0 Å². The average Bonchev–Trinajstić information content (AvgIpc) is 2.82. The van der Waals surface area contributed by atoms with Gasteiger partial charge in [-0.25, -0.2) is 15.0 Å². The van der Waals surface area contributed by atoms with Crippen LogP contribution in [0.2, 0.25) is 0 Å². The van der Waals surface area contributed by atoms with E-state index in [1.807, 2.05) is 37.3 Å². The molecule has 0 saturated heterocycles. The quantitative estimate of drug-likeness (QED) is 0.190. The molecule has 1 N–H and O–H groups in total. The van der Waals surface area contributed by atoms with Crippen LogP contribution >= 0.6 is 22.6 Å². The van der Waals surface area contributed by atoms with Gasteiger partial charge in [-0.2, -0.15) is 4.39 Å². The predicted molar refractivity (Wildman–Crippen MR) is 134 cm³/mol. The Morgan fingerprint density at radius 1 is 1.09 bits per heavy atom. The molecule has 2 aromatic heterocycles. The van der Waals surface area contributed by atoms with E-state index in [9.17, 15) is 9.18 Å². The number of pyridine rings is 1. The first kappa shape index (κ1) is 23.2. The molecule has 0 atom stereocenters. The van der Waals surface area contributed by atoms with Crippen LogP contribution < -0.4 is 10.1 Å². The smallest absolute Gasteiger partial charge is 0.255 e. The van der Waals surface area contributed by atoms with E-state index in [-0.39, 0.29) is 11.7 Å². The molecular formula is C24H23FIN5O2. The van der Waals surface area contributed by atoms with Gasteiger partial charge in [-0.1, -0.05) is 13.0 Å². The van der Waals surface area contributed by atoms with E-state index in [2.05, 4.69) is 47.8 Å². The lowest BCUT2D eigenvalue weighted by Gasteiger charge is -2.20. The summed E-state index contributed by atoms with van der Waals surface area (Å²) in [4.78, 5) is 27.9. The summed E-state index contributed by atoms with van der Waals surface area (Å²) in [6.07, 6.45) is 1.38. The fraction of sp³-hybridized carbons (Fsp3) is 0.250. The van der Waals surface area contributed by atoms with E-state index in [1.165, 1.54) is 6.20 Å². The summed E-state index contributed by atoms with van der Waals surface area (Å²) in [7, 11) is 0. The summed E-state index contributed by atoms with van der Waals surface area (Å²) in [6, 6.07) is 14.5. The van der Waals surface area contributed by atoms with Crippen molar-refractivity contribution in [1.29, 1.82) is 0 Å². The fourth-order valence-electron chi connectivity index (χ4n) is 3.47. The van der Waals surface area contributed by atoms with Gasteiger partial charge < -0.3 is 10.1 Å². The van der Waals surface area contributed by atoms with Crippen LogP contribution in [-0.2, 0) is 0 Å². The van der Waals surface area contributed by atoms with Crippen LogP contribution in [0, 0.1) is 9.52 Å². The zero-order valence-electron chi connectivity index (χ0n) is 18.1. The number of carbonyl (C=O) groups excluding carboxylic acids is 1. The number of nitrogens with one attached hydrogen (secondary N) is 1. The Hall–Kier alpha value is -2.92. The molecule has 33 heavy (non-hydrogen) atoms. The molecule has 0 bridgehead atoms. The molecule has 0 fully saturated rings. The second-order valence-electron chi connectivity index (χ2n) is 7.36. The Kier molecular flexibility index (Phi) is 7.61. The highest BCUT2D eigenvalue weighted by molar-refractivity contribution is 14.1. The van der Waals surface area contributed by atoms with Crippen molar-refractivity contribution in [3.63, 3.8) is 0 Å². The standard InChI is InChI=1S/C24H23FIN5O2/c1-2-31(13-14-33-21-7-4-10-27-23(21)25)12-11-28-24(32)17-5-3-6-19-22(17)30-18-9-8-16(26)15-20(18)29-19/h3-10,15H,2,11-14H2,1H3,(H,28,32)/i26-2. The number of para-hydroxylation sites is 1. The van der Waals surface area contributed by atoms with Crippen molar-refractivity contribution in [3.8, 4) is 5.75 Å². The zero-order chi connectivity index (χ0) is 23.2. The lowest BCUT2D eigenvalue weighted by atomic mass is 10.1. The molecule has 170 valence electrons. The Morgan fingerprint density at radius 2 is 1.97 bits per heavy atom. The van der Waals surface area contributed by atoms with Crippen LogP contribution in [0.25, 0.3) is 22.1 Å². The minimum absolute atomic E-state index is 0.140. The van der Waals surface area contributed by atoms with Gasteiger partial charge in [0.25, 0.3) is 11.9 Å². The molecule has 2 heterocycles. The maximum Gasteiger partial charge on any atom is 0.255 e. The summed E-state index contributed by atoms with van der Waals surface area (Å²) in [5.74, 6) is -0.667. The first-order valence-corrected chi connectivity index (χ1v) is 11.7. The number of hydrogen-bond donors (Lipinski definition) is 1. The van der Waals surface area contributed by atoms with Gasteiger partial charge in [0.2, 0.25) is 0 Å². The number of rotatable bonds is 9. The molecule has 9 heteroatoms. The molecule has 0 aliphatic rings. The van der Waals surface area contributed by atoms with Gasteiger partial charge in [0.1, 0.15) is 12.1 Å². The molecule has 7 nitrogen and oxygen atoms in total. The van der Waals surface area contributed by atoms with E-state index in [0.29, 0.717) is 42.8 Å². The van der Waals surface area contributed by atoms with Crippen LogP contribution in [0.5, 0.6) is 5.75 Å². The van der Waals surface area contributed by atoms with Crippen molar-refractivity contribution >= 4 is 50.6 Å². The Morgan fingerprint density at radius 3 is 2.79 bits per heavy atom. The maximum atomic E-state index is 13.6. The second-order valence-corrected chi connectivity index (χ2v) is 8.61. The molecule has 1 amide bonds. The second kappa shape index (κ2) is 10.8. The van der Waals surface area contributed by atoms with Crippen molar-refractivity contribution in [1.82, 2.24) is 25.2 Å². The minimum Gasteiger partial charge on any atom is -0.487 e. The van der Waals surface area contributed by atoms with Crippen molar-refractivity contribution in [3.05, 3.63) is 69.8 Å². The van der Waals surface area contributed by atoms with E-state index >= 15 is 0 Å². The SMILES string of the molecule is CCN(CCNC(=O)c1cccc2nc3cc([125I])ccc3nc12)CCOc1cccnc1F. The van der Waals surface area contributed by atoms with E-state index in [1.54, 1.807) is 18.2 Å². The van der Waals surface area contributed by atoms with Gasteiger partial charge in [-0.05, 0) is 71.6 Å². The number of likely N-dealkylation sites (N-methyl/N-ethyl adjacent to an activating group) is 1. The van der Waals surface area contributed by atoms with Crippen LogP contribution in [0.4, 0.5) is 4.39 Å². The molecule has 0 aliphatic heterocycles. The monoisotopic (exact) mass is 557 g/mol. The third-order valence-corrected chi connectivity index (χ3v) is 5.89. The summed E-state index contributed by atoms with van der Waals surface area (Å²) in [5.41, 5.74) is 3.33. The molecule has 0 aliphatic carbocycles. The number of benzene rings is 2. The number of ether oxygens (including phenoxy) is 1. The maximum absolute atomic E-state index is 13.6. The summed E-state index contributed by atoms with van der Waals surface area (Å²) in [6.45, 7) is 4.83. The number of aromatic nitrogens is 3. The normalized spacial score (nSPS) is 11.3. The highest BCUT2D eigenvalue weighted by atomic mass is 125. The van der Waals surface area contributed by atoms with Gasteiger partial charge in [0, 0.05) is 29.4 Å². The van der Waals surface area contributed by atoms with Gasteiger partial charge in [0.05, 0.1) is 22.1 Å². The number of fused-ring (bicyclic) bond motifs is 2. The molecule has 2 aromatic carbocycles. The van der Waals surface area contributed by atoms with Crippen molar-refractivity contribution < 1.29 is 13.9 Å². The first-order valence-electron chi connectivity index (χ1n) is 10.6. The molecular weight excluding hydrogens is 534 g/mol. The zero-order valence-corrected chi connectivity index (χ0v) is 20.3. The van der Waals surface area contributed by atoms with E-state index < -0.39 is 5.95 Å². The van der Waals surface area contributed by atoms with Crippen molar-refractivity contribution in [2.45, 2.75) is 6.92 Å². The number of halogens is 2. The highest BCUT2D eigenvalue weighted by Gasteiger charge is 2.13. The first-order chi connectivity index (χ1) is 16.0. The van der Waals surface area contributed by atoms with Crippen LogP contribution in [0.15, 0.2) is 54.7 Å². The third-order valence-electron chi connectivity index (χ3n) is 5.22. The van der Waals surface area contributed by atoms with E-state index in [0.717, 1.165) is 21.1 Å². The van der Waals surface area contributed by atoms with Crippen molar-refractivity contribution in [2.24, 2.45) is 0 Å². The molecule has 0 spiro atoms. The fourth-order valence-corrected chi connectivity index (χ4v) is 3.94.